The van der Waals surface area contributed by atoms with Gasteiger partial charge in [-0.25, -0.2) is 9.97 Å². The van der Waals surface area contributed by atoms with Gasteiger partial charge in [0.25, 0.3) is 5.56 Å². The van der Waals surface area contributed by atoms with Crippen molar-refractivity contribution in [3.63, 3.8) is 0 Å². The summed E-state index contributed by atoms with van der Waals surface area (Å²) in [7, 11) is 0. The Bertz CT molecular complexity index is 643. The van der Waals surface area contributed by atoms with E-state index < -0.39 is 0 Å². The molecule has 2 aromatic heterocycles. The molecule has 0 saturated carbocycles. The predicted molar refractivity (Wildman–Crippen MR) is 66.0 cm³/mol. The van der Waals surface area contributed by atoms with Gasteiger partial charge in [0.15, 0.2) is 11.2 Å². The number of imidazole rings is 1. The molecule has 2 heterocycles. The van der Waals surface area contributed by atoms with Crippen LogP contribution in [0, 0.1) is 11.8 Å². The molecular weight excluding hydrogens is 232 g/mol. The zero-order chi connectivity index (χ0) is 12.5. The zero-order valence-electron chi connectivity index (χ0n) is 9.78. The van der Waals surface area contributed by atoms with Crippen molar-refractivity contribution < 1.29 is 5.11 Å². The molecule has 0 unspecified atom stereocenters. The van der Waals surface area contributed by atoms with Crippen molar-refractivity contribution in [1.29, 1.82) is 0 Å². The number of H-pyrrole nitrogens is 1. The van der Waals surface area contributed by atoms with Crippen LogP contribution in [-0.4, -0.2) is 31.2 Å². The number of hydrogen-bond donors (Lipinski definition) is 2. The van der Waals surface area contributed by atoms with Crippen molar-refractivity contribution in [3.8, 4) is 0 Å². The van der Waals surface area contributed by atoms with Gasteiger partial charge in [-0.2, -0.15) is 0 Å². The predicted octanol–water partition coefficient (Wildman–Crippen LogP) is 0.304. The first-order chi connectivity index (χ1) is 8.78. The molecule has 0 spiro atoms. The summed E-state index contributed by atoms with van der Waals surface area (Å²) in [6.07, 6.45) is 8.13. The molecule has 6 nitrogen and oxygen atoms in total. The number of hydrogen-bond acceptors (Lipinski definition) is 4. The van der Waals surface area contributed by atoms with E-state index in [-0.39, 0.29) is 18.1 Å². The maximum Gasteiger partial charge on any atom is 0.278 e. The van der Waals surface area contributed by atoms with Gasteiger partial charge < -0.3 is 14.7 Å². The van der Waals surface area contributed by atoms with Gasteiger partial charge in [0, 0.05) is 19.1 Å². The molecule has 18 heavy (non-hydrogen) atoms. The monoisotopic (exact) mass is 246 g/mol. The van der Waals surface area contributed by atoms with Crippen LogP contribution in [0.15, 0.2) is 29.6 Å². The fraction of sp³-hybridized carbons (Fsp3) is 0.417. The normalized spacial score (nSPS) is 22.9. The first-order valence-electron chi connectivity index (χ1n) is 5.95. The van der Waals surface area contributed by atoms with Crippen molar-refractivity contribution in [2.75, 3.05) is 6.61 Å². The van der Waals surface area contributed by atoms with Crippen LogP contribution in [0.1, 0.15) is 6.42 Å². The number of fused-ring (bicyclic) bond motifs is 1. The van der Waals surface area contributed by atoms with Crippen molar-refractivity contribution in [3.05, 3.63) is 35.2 Å². The largest absolute Gasteiger partial charge is 0.396 e. The summed E-state index contributed by atoms with van der Waals surface area (Å²) in [5.41, 5.74) is 0.770. The molecule has 3 rings (SSSR count). The van der Waals surface area contributed by atoms with E-state index >= 15 is 0 Å². The molecule has 2 atom stereocenters. The summed E-state index contributed by atoms with van der Waals surface area (Å²) < 4.78 is 1.89. The lowest BCUT2D eigenvalue weighted by atomic mass is 10.0. The lowest BCUT2D eigenvalue weighted by Gasteiger charge is -2.11. The number of aliphatic hydroxyl groups is 1. The number of nitrogens with one attached hydrogen (secondary N) is 1. The van der Waals surface area contributed by atoms with Gasteiger partial charge in [-0.05, 0) is 12.3 Å². The number of aliphatic hydroxyl groups excluding tert-OH is 1. The standard InChI is InChI=1S/C12H14N4O2/c17-5-9-2-1-8(3-9)4-16-7-15-10-11(16)13-6-14-12(10)18/h1-2,6-9,17H,3-5H2,(H,13,14,18)/t8-,9+/m0/s1. The van der Waals surface area contributed by atoms with Crippen LogP contribution in [0.3, 0.4) is 0 Å². The Hall–Kier alpha value is -1.95. The Kier molecular flexibility index (Phi) is 2.71. The van der Waals surface area contributed by atoms with E-state index in [2.05, 4.69) is 21.0 Å². The average molecular weight is 246 g/mol. The van der Waals surface area contributed by atoms with Crippen LogP contribution in [0.2, 0.25) is 0 Å². The maximum atomic E-state index is 11.5. The molecule has 0 amide bonds. The van der Waals surface area contributed by atoms with E-state index in [4.69, 9.17) is 5.11 Å². The van der Waals surface area contributed by atoms with E-state index in [9.17, 15) is 4.79 Å². The topological polar surface area (TPSA) is 83.8 Å². The lowest BCUT2D eigenvalue weighted by Crippen LogP contribution is -2.11. The van der Waals surface area contributed by atoms with Crippen molar-refractivity contribution in [2.45, 2.75) is 13.0 Å². The Morgan fingerprint density at radius 3 is 3.00 bits per heavy atom. The SMILES string of the molecule is O=c1[nH]cnc2c1ncn2C[C@H]1C=C[C@@H](CO)C1. The number of allylic oxidation sites excluding steroid dienone is 1. The highest BCUT2D eigenvalue weighted by molar-refractivity contribution is 5.68. The van der Waals surface area contributed by atoms with Gasteiger partial charge in [0.05, 0.1) is 12.7 Å². The van der Waals surface area contributed by atoms with Gasteiger partial charge in [0.2, 0.25) is 0 Å². The third-order valence-corrected chi connectivity index (χ3v) is 3.33. The lowest BCUT2D eigenvalue weighted by molar-refractivity contribution is 0.242. The molecule has 1 aliphatic carbocycles. The van der Waals surface area contributed by atoms with Crippen LogP contribution < -0.4 is 5.56 Å². The number of aromatic amines is 1. The van der Waals surface area contributed by atoms with Crippen molar-refractivity contribution in [1.82, 2.24) is 19.5 Å². The minimum absolute atomic E-state index is 0.190. The number of aromatic nitrogens is 4. The molecule has 2 aromatic rings. The average Bonchev–Trinajstić information content (AvgIpc) is 2.98. The smallest absolute Gasteiger partial charge is 0.278 e. The number of nitrogens with zero attached hydrogens (tertiary/aromatic N) is 3. The van der Waals surface area contributed by atoms with Gasteiger partial charge >= 0.3 is 0 Å². The minimum atomic E-state index is -0.214. The fourth-order valence-corrected chi connectivity index (χ4v) is 2.41. The molecule has 0 aromatic carbocycles. The van der Waals surface area contributed by atoms with Crippen LogP contribution in [0.25, 0.3) is 11.2 Å². The van der Waals surface area contributed by atoms with Gasteiger partial charge in [-0.3, -0.25) is 4.79 Å². The molecule has 0 radical (unpaired) electrons. The van der Waals surface area contributed by atoms with Crippen molar-refractivity contribution >= 4 is 11.2 Å². The molecule has 6 heteroatoms. The second kappa shape index (κ2) is 4.38. The van der Waals surface area contributed by atoms with Gasteiger partial charge in [-0.15, -0.1) is 0 Å². The van der Waals surface area contributed by atoms with E-state index in [0.717, 1.165) is 13.0 Å². The Morgan fingerprint density at radius 1 is 1.39 bits per heavy atom. The van der Waals surface area contributed by atoms with Crippen LogP contribution in [0.4, 0.5) is 0 Å². The third kappa shape index (κ3) is 1.84. The molecule has 1 aliphatic rings. The molecular formula is C12H14N4O2. The maximum absolute atomic E-state index is 11.5. The Labute approximate surface area is 103 Å². The van der Waals surface area contributed by atoms with E-state index in [1.165, 1.54) is 6.33 Å². The highest BCUT2D eigenvalue weighted by atomic mass is 16.3. The molecule has 0 fully saturated rings. The van der Waals surface area contributed by atoms with E-state index in [1.807, 2.05) is 10.6 Å². The second-order valence-electron chi connectivity index (χ2n) is 4.62. The second-order valence-corrected chi connectivity index (χ2v) is 4.62. The van der Waals surface area contributed by atoms with E-state index in [0.29, 0.717) is 17.1 Å². The summed E-state index contributed by atoms with van der Waals surface area (Å²) >= 11 is 0. The summed E-state index contributed by atoms with van der Waals surface area (Å²) in [5, 5.41) is 9.09. The quantitative estimate of drug-likeness (QED) is 0.763. The first-order valence-corrected chi connectivity index (χ1v) is 5.95. The summed E-state index contributed by atoms with van der Waals surface area (Å²) in [6.45, 7) is 0.926. The zero-order valence-corrected chi connectivity index (χ0v) is 9.78. The summed E-state index contributed by atoms with van der Waals surface area (Å²) in [4.78, 5) is 22.3. The summed E-state index contributed by atoms with van der Waals surface area (Å²) in [5.74, 6) is 0.613. The summed E-state index contributed by atoms with van der Waals surface area (Å²) in [6, 6.07) is 0. The molecule has 94 valence electrons. The van der Waals surface area contributed by atoms with Crippen molar-refractivity contribution in [2.24, 2.45) is 11.8 Å². The van der Waals surface area contributed by atoms with E-state index in [1.54, 1.807) is 6.33 Å². The molecule has 0 bridgehead atoms. The molecule has 0 aliphatic heterocycles. The van der Waals surface area contributed by atoms with Crippen LogP contribution in [-0.2, 0) is 6.54 Å². The Balaban J connectivity index is 1.86. The highest BCUT2D eigenvalue weighted by Gasteiger charge is 2.19. The molecule has 0 saturated heterocycles. The van der Waals surface area contributed by atoms with Crippen LogP contribution >= 0.6 is 0 Å². The van der Waals surface area contributed by atoms with Crippen LogP contribution in [0.5, 0.6) is 0 Å². The molecule has 2 N–H and O–H groups in total. The Morgan fingerprint density at radius 2 is 2.22 bits per heavy atom. The third-order valence-electron chi connectivity index (χ3n) is 3.33. The van der Waals surface area contributed by atoms with Gasteiger partial charge in [0.1, 0.15) is 0 Å². The minimum Gasteiger partial charge on any atom is -0.396 e. The fourth-order valence-electron chi connectivity index (χ4n) is 2.41. The number of rotatable bonds is 3. The van der Waals surface area contributed by atoms with Gasteiger partial charge in [-0.1, -0.05) is 12.2 Å². The highest BCUT2D eigenvalue weighted by Crippen LogP contribution is 2.25. The first kappa shape index (κ1) is 11.2.